The number of rotatable bonds is 3. The van der Waals surface area contributed by atoms with Crippen molar-refractivity contribution in [2.45, 2.75) is 27.2 Å². The molecule has 0 amide bonds. The first-order valence-corrected chi connectivity index (χ1v) is 5.77. The van der Waals surface area contributed by atoms with E-state index in [-0.39, 0.29) is 0 Å². The minimum absolute atomic E-state index is 0.355. The Morgan fingerprint density at radius 2 is 2.00 bits per heavy atom. The highest BCUT2D eigenvalue weighted by Crippen LogP contribution is 2.24. The first kappa shape index (κ1) is 10.8. The van der Waals surface area contributed by atoms with Crippen LogP contribution in [0.15, 0.2) is 24.3 Å². The second kappa shape index (κ2) is 4.28. The molecule has 0 heterocycles. The summed E-state index contributed by atoms with van der Waals surface area (Å²) in [5.74, 6) is 0. The average Bonchev–Trinajstić information content (AvgIpc) is 2.03. The lowest BCUT2D eigenvalue weighted by Crippen LogP contribution is -2.16. The first-order chi connectivity index (χ1) is 6.03. The van der Waals surface area contributed by atoms with Gasteiger partial charge in [-0.2, -0.15) is 0 Å². The predicted molar refractivity (Wildman–Crippen MR) is 62.5 cm³/mol. The largest absolute Gasteiger partial charge is 0.0922 e. The molecule has 0 unspecified atom stereocenters. The predicted octanol–water partition coefficient (Wildman–Crippen LogP) is 3.96. The Morgan fingerprint density at radius 3 is 2.54 bits per heavy atom. The van der Waals surface area contributed by atoms with E-state index in [1.54, 1.807) is 0 Å². The molecule has 0 atom stereocenters. The van der Waals surface area contributed by atoms with Crippen LogP contribution in [0.5, 0.6) is 0 Å². The summed E-state index contributed by atoms with van der Waals surface area (Å²) in [5, 5.41) is 1.05. The first-order valence-electron chi connectivity index (χ1n) is 4.65. The fourth-order valence-corrected chi connectivity index (χ4v) is 1.62. The van der Waals surface area contributed by atoms with Gasteiger partial charge in [0.25, 0.3) is 0 Å². The van der Waals surface area contributed by atoms with Crippen LogP contribution in [0.4, 0.5) is 0 Å². The van der Waals surface area contributed by atoms with Gasteiger partial charge in [-0.25, -0.2) is 0 Å². The van der Waals surface area contributed by atoms with E-state index in [1.165, 1.54) is 11.1 Å². The van der Waals surface area contributed by atoms with Crippen molar-refractivity contribution < 1.29 is 0 Å². The highest BCUT2D eigenvalue weighted by molar-refractivity contribution is 9.09. The summed E-state index contributed by atoms with van der Waals surface area (Å²) in [6.45, 7) is 6.71. The lowest BCUT2D eigenvalue weighted by molar-refractivity contribution is 0.425. The monoisotopic (exact) mass is 240 g/mol. The van der Waals surface area contributed by atoms with E-state index in [2.05, 4.69) is 61.0 Å². The molecule has 0 radical (unpaired) electrons. The van der Waals surface area contributed by atoms with Gasteiger partial charge in [-0.05, 0) is 24.3 Å². The molecule has 1 aromatic carbocycles. The molecule has 0 saturated heterocycles. The molecule has 1 rings (SSSR count). The SMILES string of the molecule is Cc1cccc(CC(C)(C)CBr)c1. The van der Waals surface area contributed by atoms with E-state index in [0.29, 0.717) is 5.41 Å². The summed E-state index contributed by atoms with van der Waals surface area (Å²) in [4.78, 5) is 0. The van der Waals surface area contributed by atoms with E-state index >= 15 is 0 Å². The van der Waals surface area contributed by atoms with Crippen molar-refractivity contribution in [2.75, 3.05) is 5.33 Å². The van der Waals surface area contributed by atoms with Gasteiger partial charge in [0, 0.05) is 5.33 Å². The lowest BCUT2D eigenvalue weighted by Gasteiger charge is -2.21. The van der Waals surface area contributed by atoms with Gasteiger partial charge in [-0.1, -0.05) is 59.6 Å². The third-order valence-electron chi connectivity index (χ3n) is 2.13. The Balaban J connectivity index is 2.74. The molecule has 0 nitrogen and oxygen atoms in total. The van der Waals surface area contributed by atoms with Gasteiger partial charge in [0.1, 0.15) is 0 Å². The summed E-state index contributed by atoms with van der Waals surface area (Å²) < 4.78 is 0. The zero-order valence-electron chi connectivity index (χ0n) is 8.60. The third kappa shape index (κ3) is 3.51. The quantitative estimate of drug-likeness (QED) is 0.702. The Labute approximate surface area is 89.5 Å². The molecule has 0 bridgehead atoms. The van der Waals surface area contributed by atoms with Crippen molar-refractivity contribution in [3.8, 4) is 0 Å². The van der Waals surface area contributed by atoms with Crippen molar-refractivity contribution in [3.63, 3.8) is 0 Å². The molecule has 0 saturated carbocycles. The van der Waals surface area contributed by atoms with Gasteiger partial charge in [0.05, 0.1) is 0 Å². The van der Waals surface area contributed by atoms with Crippen LogP contribution in [0.1, 0.15) is 25.0 Å². The highest BCUT2D eigenvalue weighted by atomic mass is 79.9. The molecule has 0 aliphatic rings. The second-order valence-corrected chi connectivity index (χ2v) is 5.02. The minimum Gasteiger partial charge on any atom is -0.0922 e. The number of benzene rings is 1. The number of halogens is 1. The van der Waals surface area contributed by atoms with Crippen LogP contribution in [0.25, 0.3) is 0 Å². The van der Waals surface area contributed by atoms with E-state index in [1.807, 2.05) is 0 Å². The maximum Gasteiger partial charge on any atom is 0.00858 e. The van der Waals surface area contributed by atoms with Gasteiger partial charge in [-0.15, -0.1) is 0 Å². The lowest BCUT2D eigenvalue weighted by atomic mass is 9.88. The van der Waals surface area contributed by atoms with Crippen LogP contribution in [-0.2, 0) is 6.42 Å². The summed E-state index contributed by atoms with van der Waals surface area (Å²) in [6.07, 6.45) is 1.14. The molecule has 0 aromatic heterocycles. The molecular weight excluding hydrogens is 224 g/mol. The van der Waals surface area contributed by atoms with Gasteiger partial charge in [0.15, 0.2) is 0 Å². The van der Waals surface area contributed by atoms with Crippen molar-refractivity contribution in [1.82, 2.24) is 0 Å². The van der Waals surface area contributed by atoms with Crippen molar-refractivity contribution in [1.29, 1.82) is 0 Å². The molecule has 72 valence electrons. The fourth-order valence-electron chi connectivity index (χ4n) is 1.42. The normalized spacial score (nSPS) is 11.7. The van der Waals surface area contributed by atoms with Gasteiger partial charge in [-0.3, -0.25) is 0 Å². The molecule has 1 aromatic rings. The second-order valence-electron chi connectivity index (χ2n) is 4.46. The van der Waals surface area contributed by atoms with E-state index in [4.69, 9.17) is 0 Å². The summed E-state index contributed by atoms with van der Waals surface area (Å²) in [7, 11) is 0. The summed E-state index contributed by atoms with van der Waals surface area (Å²) in [6, 6.07) is 8.75. The maximum atomic E-state index is 3.55. The standard InChI is InChI=1S/C12H17Br/c1-10-5-4-6-11(7-10)8-12(2,3)9-13/h4-7H,8-9H2,1-3H3. The fraction of sp³-hybridized carbons (Fsp3) is 0.500. The minimum atomic E-state index is 0.355. The Morgan fingerprint density at radius 1 is 1.31 bits per heavy atom. The smallest absolute Gasteiger partial charge is 0.00858 e. The van der Waals surface area contributed by atoms with E-state index in [9.17, 15) is 0 Å². The third-order valence-corrected chi connectivity index (χ3v) is 3.64. The number of aryl methyl sites for hydroxylation is 1. The van der Waals surface area contributed by atoms with E-state index in [0.717, 1.165) is 11.8 Å². The van der Waals surface area contributed by atoms with Crippen LogP contribution < -0.4 is 0 Å². The van der Waals surface area contributed by atoms with Gasteiger partial charge < -0.3 is 0 Å². The molecule has 13 heavy (non-hydrogen) atoms. The number of hydrogen-bond acceptors (Lipinski definition) is 0. The zero-order valence-corrected chi connectivity index (χ0v) is 10.2. The van der Waals surface area contributed by atoms with Crippen LogP contribution in [0.2, 0.25) is 0 Å². The van der Waals surface area contributed by atoms with Crippen LogP contribution in [0, 0.1) is 12.3 Å². The van der Waals surface area contributed by atoms with Gasteiger partial charge in [0.2, 0.25) is 0 Å². The Kier molecular flexibility index (Phi) is 3.55. The molecule has 0 fully saturated rings. The van der Waals surface area contributed by atoms with Crippen molar-refractivity contribution in [3.05, 3.63) is 35.4 Å². The van der Waals surface area contributed by atoms with Crippen LogP contribution in [-0.4, -0.2) is 5.33 Å². The molecule has 0 aliphatic carbocycles. The number of hydrogen-bond donors (Lipinski definition) is 0. The summed E-state index contributed by atoms with van der Waals surface area (Å²) >= 11 is 3.55. The van der Waals surface area contributed by atoms with Crippen molar-refractivity contribution in [2.24, 2.45) is 5.41 Å². The molecular formula is C12H17Br. The summed E-state index contributed by atoms with van der Waals surface area (Å²) in [5.41, 5.74) is 3.14. The van der Waals surface area contributed by atoms with Gasteiger partial charge >= 0.3 is 0 Å². The molecule has 0 N–H and O–H groups in total. The number of alkyl halides is 1. The molecule has 1 heteroatoms. The topological polar surface area (TPSA) is 0 Å². The zero-order chi connectivity index (χ0) is 9.90. The Hall–Kier alpha value is -0.300. The Bertz CT molecular complexity index is 276. The molecule has 0 spiro atoms. The maximum absolute atomic E-state index is 3.55. The average molecular weight is 241 g/mol. The van der Waals surface area contributed by atoms with Crippen LogP contribution >= 0.6 is 15.9 Å². The van der Waals surface area contributed by atoms with Crippen molar-refractivity contribution >= 4 is 15.9 Å². The van der Waals surface area contributed by atoms with E-state index < -0.39 is 0 Å². The van der Waals surface area contributed by atoms with Crippen LogP contribution in [0.3, 0.4) is 0 Å². The highest BCUT2D eigenvalue weighted by Gasteiger charge is 2.16. The molecule has 0 aliphatic heterocycles.